The third kappa shape index (κ3) is 7.22. The highest BCUT2D eigenvalue weighted by molar-refractivity contribution is 5.89. The molecule has 0 saturated heterocycles. The Kier molecular flexibility index (Phi) is 9.50. The summed E-state index contributed by atoms with van der Waals surface area (Å²) in [5.41, 5.74) is 5.60. The standard InChI is InChI=1S/C30H33N3O2/c1-4-32(5-2)28-17-11-24(12-18-28)7-8-25-13-19-29(20-14-25)33(6-3)21-22-35-30(34)27-15-9-26(23-31)10-16-27/h7-20H,4-6,21-22H2,1-3H3/b8-7+. The maximum Gasteiger partial charge on any atom is 0.338 e. The van der Waals surface area contributed by atoms with Crippen LogP contribution in [0.5, 0.6) is 0 Å². The molecule has 0 amide bonds. The van der Waals surface area contributed by atoms with Gasteiger partial charge in [-0.3, -0.25) is 0 Å². The predicted octanol–water partition coefficient (Wildman–Crippen LogP) is 6.26. The van der Waals surface area contributed by atoms with Gasteiger partial charge in [0, 0.05) is 31.0 Å². The maximum atomic E-state index is 12.2. The molecule has 3 aromatic rings. The molecule has 0 fully saturated rings. The van der Waals surface area contributed by atoms with Crippen LogP contribution in [0.1, 0.15) is 47.8 Å². The van der Waals surface area contributed by atoms with Gasteiger partial charge in [0.05, 0.1) is 23.7 Å². The van der Waals surface area contributed by atoms with E-state index in [9.17, 15) is 4.79 Å². The van der Waals surface area contributed by atoms with Crippen molar-refractivity contribution in [2.75, 3.05) is 42.6 Å². The first-order valence-corrected chi connectivity index (χ1v) is 12.1. The molecule has 0 heterocycles. The van der Waals surface area contributed by atoms with Crippen molar-refractivity contribution in [1.29, 1.82) is 5.26 Å². The largest absolute Gasteiger partial charge is 0.460 e. The lowest BCUT2D eigenvalue weighted by Gasteiger charge is -2.23. The van der Waals surface area contributed by atoms with Crippen LogP contribution in [0.3, 0.4) is 0 Å². The SMILES string of the molecule is CCN(CC)c1ccc(/C=C/c2ccc(N(CC)CCOC(=O)c3ccc(C#N)cc3)cc2)cc1. The summed E-state index contributed by atoms with van der Waals surface area (Å²) in [6, 6.07) is 25.5. The molecule has 3 aromatic carbocycles. The smallest absolute Gasteiger partial charge is 0.338 e. The van der Waals surface area contributed by atoms with E-state index < -0.39 is 0 Å². The molecule has 35 heavy (non-hydrogen) atoms. The number of carbonyl (C=O) groups is 1. The van der Waals surface area contributed by atoms with Crippen molar-refractivity contribution in [2.45, 2.75) is 20.8 Å². The molecule has 0 unspecified atom stereocenters. The first-order valence-electron chi connectivity index (χ1n) is 12.1. The van der Waals surface area contributed by atoms with Crippen LogP contribution in [-0.2, 0) is 4.74 Å². The van der Waals surface area contributed by atoms with E-state index in [1.807, 2.05) is 6.07 Å². The van der Waals surface area contributed by atoms with E-state index in [1.54, 1.807) is 24.3 Å². The van der Waals surface area contributed by atoms with Crippen LogP contribution in [0, 0.1) is 11.3 Å². The zero-order valence-corrected chi connectivity index (χ0v) is 20.8. The molecule has 0 bridgehead atoms. The highest BCUT2D eigenvalue weighted by Gasteiger charge is 2.09. The quantitative estimate of drug-likeness (QED) is 0.246. The number of benzene rings is 3. The Balaban J connectivity index is 1.53. The average Bonchev–Trinajstić information content (AvgIpc) is 2.91. The summed E-state index contributed by atoms with van der Waals surface area (Å²) in [6.45, 7) is 10.1. The van der Waals surface area contributed by atoms with Crippen LogP contribution in [0.4, 0.5) is 11.4 Å². The lowest BCUT2D eigenvalue weighted by atomic mass is 10.1. The Morgan fingerprint density at radius 3 is 1.71 bits per heavy atom. The van der Waals surface area contributed by atoms with Gasteiger partial charge in [0.1, 0.15) is 6.61 Å². The fourth-order valence-electron chi connectivity index (χ4n) is 3.86. The van der Waals surface area contributed by atoms with Gasteiger partial charge in [-0.05, 0) is 80.4 Å². The molecule has 0 N–H and O–H groups in total. The number of nitriles is 1. The molecule has 0 aromatic heterocycles. The molecule has 0 saturated carbocycles. The first kappa shape index (κ1) is 25.6. The fraction of sp³-hybridized carbons (Fsp3) is 0.267. The van der Waals surface area contributed by atoms with Crippen LogP contribution in [0.2, 0.25) is 0 Å². The van der Waals surface area contributed by atoms with Gasteiger partial charge in [-0.15, -0.1) is 0 Å². The van der Waals surface area contributed by atoms with Gasteiger partial charge in [0.25, 0.3) is 0 Å². The van der Waals surface area contributed by atoms with Gasteiger partial charge in [-0.1, -0.05) is 36.4 Å². The van der Waals surface area contributed by atoms with Crippen molar-refractivity contribution >= 4 is 29.5 Å². The number of hydrogen-bond donors (Lipinski definition) is 0. The number of ether oxygens (including phenoxy) is 1. The van der Waals surface area contributed by atoms with E-state index in [-0.39, 0.29) is 12.6 Å². The molecule has 180 valence electrons. The summed E-state index contributed by atoms with van der Waals surface area (Å²) in [4.78, 5) is 16.7. The molecule has 0 atom stereocenters. The van der Waals surface area contributed by atoms with E-state index >= 15 is 0 Å². The molecular formula is C30H33N3O2. The zero-order valence-electron chi connectivity index (χ0n) is 20.8. The topological polar surface area (TPSA) is 56.6 Å². The van der Waals surface area contributed by atoms with Gasteiger partial charge in [0.2, 0.25) is 0 Å². The Bertz CT molecular complexity index is 1140. The second kappa shape index (κ2) is 13.0. The van der Waals surface area contributed by atoms with Crippen molar-refractivity contribution in [2.24, 2.45) is 0 Å². The van der Waals surface area contributed by atoms with Crippen LogP contribution in [0.25, 0.3) is 12.2 Å². The minimum atomic E-state index is -0.379. The third-order valence-electron chi connectivity index (χ3n) is 5.97. The molecule has 0 aliphatic carbocycles. The predicted molar refractivity (Wildman–Crippen MR) is 145 cm³/mol. The third-order valence-corrected chi connectivity index (χ3v) is 5.97. The minimum Gasteiger partial charge on any atom is -0.460 e. The molecular weight excluding hydrogens is 434 g/mol. The lowest BCUT2D eigenvalue weighted by Crippen LogP contribution is -2.28. The summed E-state index contributed by atoms with van der Waals surface area (Å²) in [7, 11) is 0. The second-order valence-corrected chi connectivity index (χ2v) is 8.09. The minimum absolute atomic E-state index is 0.289. The number of esters is 1. The first-order chi connectivity index (χ1) is 17.1. The number of rotatable bonds is 11. The zero-order chi connectivity index (χ0) is 25.0. The summed E-state index contributed by atoms with van der Waals surface area (Å²) < 4.78 is 5.43. The summed E-state index contributed by atoms with van der Waals surface area (Å²) in [6.07, 6.45) is 4.24. The van der Waals surface area contributed by atoms with Crippen LogP contribution in [0.15, 0.2) is 72.8 Å². The summed E-state index contributed by atoms with van der Waals surface area (Å²) in [5, 5.41) is 8.87. The van der Waals surface area contributed by atoms with Gasteiger partial charge >= 0.3 is 5.97 Å². The highest BCUT2D eigenvalue weighted by atomic mass is 16.5. The fourth-order valence-corrected chi connectivity index (χ4v) is 3.86. The number of nitrogens with zero attached hydrogens (tertiary/aromatic N) is 3. The van der Waals surface area contributed by atoms with E-state index in [0.29, 0.717) is 17.7 Å². The molecule has 0 spiro atoms. The van der Waals surface area contributed by atoms with E-state index in [4.69, 9.17) is 10.00 Å². The van der Waals surface area contributed by atoms with Crippen LogP contribution < -0.4 is 9.80 Å². The van der Waals surface area contributed by atoms with Crippen molar-refractivity contribution < 1.29 is 9.53 Å². The Morgan fingerprint density at radius 2 is 1.26 bits per heavy atom. The molecule has 5 nitrogen and oxygen atoms in total. The Hall–Kier alpha value is -4.04. The molecule has 0 radical (unpaired) electrons. The monoisotopic (exact) mass is 467 g/mol. The highest BCUT2D eigenvalue weighted by Crippen LogP contribution is 2.19. The van der Waals surface area contributed by atoms with Gasteiger partial charge < -0.3 is 14.5 Å². The summed E-state index contributed by atoms with van der Waals surface area (Å²) in [5.74, 6) is -0.379. The number of carbonyl (C=O) groups excluding carboxylic acids is 1. The van der Waals surface area contributed by atoms with Gasteiger partial charge in [0.15, 0.2) is 0 Å². The van der Waals surface area contributed by atoms with E-state index in [0.717, 1.165) is 30.9 Å². The van der Waals surface area contributed by atoms with Crippen LogP contribution >= 0.6 is 0 Å². The Morgan fingerprint density at radius 1 is 0.771 bits per heavy atom. The normalized spacial score (nSPS) is 10.7. The summed E-state index contributed by atoms with van der Waals surface area (Å²) >= 11 is 0. The van der Waals surface area contributed by atoms with Gasteiger partial charge in [-0.2, -0.15) is 5.26 Å². The van der Waals surface area contributed by atoms with E-state index in [2.05, 4.69) is 91.3 Å². The molecule has 3 rings (SSSR count). The number of likely N-dealkylation sites (N-methyl/N-ethyl adjacent to an activating group) is 1. The van der Waals surface area contributed by atoms with Crippen molar-refractivity contribution in [1.82, 2.24) is 0 Å². The average molecular weight is 468 g/mol. The van der Waals surface area contributed by atoms with Gasteiger partial charge in [-0.25, -0.2) is 4.79 Å². The van der Waals surface area contributed by atoms with Crippen molar-refractivity contribution in [3.63, 3.8) is 0 Å². The lowest BCUT2D eigenvalue weighted by molar-refractivity contribution is 0.0515. The van der Waals surface area contributed by atoms with Crippen LogP contribution in [-0.4, -0.2) is 38.8 Å². The number of anilines is 2. The van der Waals surface area contributed by atoms with E-state index in [1.165, 1.54) is 11.3 Å². The maximum absolute atomic E-state index is 12.2. The van der Waals surface area contributed by atoms with Crippen molar-refractivity contribution in [3.8, 4) is 6.07 Å². The second-order valence-electron chi connectivity index (χ2n) is 8.09. The van der Waals surface area contributed by atoms with Crippen molar-refractivity contribution in [3.05, 3.63) is 95.1 Å². The molecule has 5 heteroatoms. The molecule has 0 aliphatic heterocycles. The molecule has 0 aliphatic rings. The Labute approximate surface area is 208 Å². The number of hydrogen-bond acceptors (Lipinski definition) is 5.